The topological polar surface area (TPSA) is 91.7 Å². The average Bonchev–Trinajstić information content (AvgIpc) is 2.66. The molecular weight excluding hydrogens is 380 g/mol. The summed E-state index contributed by atoms with van der Waals surface area (Å²) >= 11 is 5.94. The monoisotopic (exact) mass is 408 g/mol. The third kappa shape index (κ3) is 4.01. The van der Waals surface area contributed by atoms with E-state index in [9.17, 15) is 24.6 Å². The Morgan fingerprint density at radius 3 is 2.50 bits per heavy atom. The van der Waals surface area contributed by atoms with Gasteiger partial charge in [0.15, 0.2) is 0 Å². The molecule has 6 heteroatoms. The molecule has 0 spiro atoms. The Balaban J connectivity index is 2.18. The number of aliphatic hydroxyl groups is 2. The predicted octanol–water partition coefficient (Wildman–Crippen LogP) is 4.19. The van der Waals surface area contributed by atoms with Gasteiger partial charge in [0, 0.05) is 17.9 Å². The van der Waals surface area contributed by atoms with Crippen LogP contribution in [0.25, 0.3) is 0 Å². The van der Waals surface area contributed by atoms with Crippen LogP contribution in [-0.2, 0) is 14.4 Å². The van der Waals surface area contributed by atoms with Crippen LogP contribution in [0.1, 0.15) is 60.3 Å². The summed E-state index contributed by atoms with van der Waals surface area (Å²) in [5, 5.41) is 20.7. The molecule has 2 aliphatic rings. The van der Waals surface area contributed by atoms with Crippen LogP contribution in [0.4, 0.5) is 0 Å². The number of carbonyl (C=O) groups excluding carboxylic acids is 3. The number of hydrogen-bond acceptors (Lipinski definition) is 5. The van der Waals surface area contributed by atoms with Crippen molar-refractivity contribution in [3.8, 4) is 0 Å². The molecule has 0 radical (unpaired) electrons. The normalized spacial score (nSPS) is 31.0. The van der Waals surface area contributed by atoms with Gasteiger partial charge in [0.05, 0.1) is 16.7 Å². The van der Waals surface area contributed by atoms with E-state index in [1.54, 1.807) is 13.0 Å². The van der Waals surface area contributed by atoms with Gasteiger partial charge >= 0.3 is 0 Å². The van der Waals surface area contributed by atoms with Gasteiger partial charge in [0.1, 0.15) is 11.5 Å². The van der Waals surface area contributed by atoms with Gasteiger partial charge in [-0.1, -0.05) is 38.4 Å². The van der Waals surface area contributed by atoms with E-state index in [1.165, 1.54) is 6.92 Å². The predicted molar refractivity (Wildman–Crippen MR) is 108 cm³/mol. The molecule has 0 amide bonds. The third-order valence-electron chi connectivity index (χ3n) is 6.85. The number of allylic oxidation sites excluding steroid dienone is 4. The summed E-state index contributed by atoms with van der Waals surface area (Å²) in [5.41, 5.74) is 0.284. The van der Waals surface area contributed by atoms with Crippen molar-refractivity contribution >= 4 is 29.0 Å². The lowest BCUT2D eigenvalue weighted by atomic mass is 9.59. The molecule has 0 aromatic carbocycles. The molecule has 0 aromatic rings. The number of aliphatic hydroxyl groups excluding tert-OH is 2. The maximum absolute atomic E-state index is 12.2. The fraction of sp³-hybridized carbons (Fsp3) is 0.591. The minimum atomic E-state index is -0.786. The van der Waals surface area contributed by atoms with Gasteiger partial charge in [-0.2, -0.15) is 0 Å². The molecule has 0 bridgehead atoms. The molecule has 1 fully saturated rings. The van der Waals surface area contributed by atoms with E-state index in [-0.39, 0.29) is 45.5 Å². The lowest BCUT2D eigenvalue weighted by molar-refractivity contribution is -0.133. The Morgan fingerprint density at radius 1 is 1.29 bits per heavy atom. The smallest absolute Gasteiger partial charge is 0.233 e. The first-order chi connectivity index (χ1) is 12.9. The van der Waals surface area contributed by atoms with Gasteiger partial charge in [0.2, 0.25) is 11.6 Å². The summed E-state index contributed by atoms with van der Waals surface area (Å²) in [5.74, 6) is -1.47. The zero-order valence-electron chi connectivity index (χ0n) is 17.1. The molecule has 4 unspecified atom stereocenters. The van der Waals surface area contributed by atoms with Crippen molar-refractivity contribution in [2.24, 2.45) is 17.3 Å². The van der Waals surface area contributed by atoms with E-state index in [4.69, 9.17) is 11.6 Å². The molecule has 28 heavy (non-hydrogen) atoms. The molecule has 4 atom stereocenters. The first-order valence-corrected chi connectivity index (χ1v) is 10.0. The van der Waals surface area contributed by atoms with E-state index >= 15 is 0 Å². The zero-order chi connectivity index (χ0) is 21.4. The van der Waals surface area contributed by atoms with Crippen molar-refractivity contribution < 1.29 is 24.6 Å². The second-order valence-corrected chi connectivity index (χ2v) is 8.81. The number of carbonyl (C=O) groups is 3. The highest BCUT2D eigenvalue weighted by Gasteiger charge is 2.44. The molecule has 1 saturated carbocycles. The second-order valence-electron chi connectivity index (χ2n) is 8.43. The highest BCUT2D eigenvalue weighted by Crippen LogP contribution is 2.47. The fourth-order valence-corrected chi connectivity index (χ4v) is 4.27. The van der Waals surface area contributed by atoms with E-state index < -0.39 is 17.7 Å². The van der Waals surface area contributed by atoms with Crippen molar-refractivity contribution in [2.75, 3.05) is 0 Å². The van der Waals surface area contributed by atoms with Crippen molar-refractivity contribution in [3.63, 3.8) is 0 Å². The number of halogens is 1. The van der Waals surface area contributed by atoms with Gasteiger partial charge in [0.25, 0.3) is 0 Å². The number of hydrogen-bond donors (Lipinski definition) is 2. The van der Waals surface area contributed by atoms with E-state index in [0.29, 0.717) is 24.3 Å². The summed E-state index contributed by atoms with van der Waals surface area (Å²) in [6, 6.07) is 0. The van der Waals surface area contributed by atoms with E-state index in [2.05, 4.69) is 6.92 Å². The quantitative estimate of drug-likeness (QED) is 0.404. The maximum Gasteiger partial charge on any atom is 0.233 e. The maximum atomic E-state index is 12.2. The molecule has 2 N–H and O–H groups in total. The van der Waals surface area contributed by atoms with E-state index in [1.807, 2.05) is 13.8 Å². The largest absolute Gasteiger partial charge is 0.506 e. The van der Waals surface area contributed by atoms with Crippen LogP contribution < -0.4 is 0 Å². The Morgan fingerprint density at radius 2 is 1.89 bits per heavy atom. The Kier molecular flexibility index (Phi) is 6.72. The summed E-state index contributed by atoms with van der Waals surface area (Å²) in [6.07, 6.45) is 2.68. The van der Waals surface area contributed by atoms with Crippen LogP contribution in [0.15, 0.2) is 33.6 Å². The molecule has 0 saturated heterocycles. The standard InChI is InChI=1S/C22H29ClO5/c1-11(6-8-15-20(27)18(23)13(3)19(26)21(15)28)17(25)10-22(5)12(2)7-9-16(24)14(22)4/h6,12,14,17,25,27H,7-10H2,1-5H3. The van der Waals surface area contributed by atoms with Gasteiger partial charge in [-0.05, 0) is 50.0 Å². The van der Waals surface area contributed by atoms with Crippen LogP contribution in [0.2, 0.25) is 0 Å². The molecular formula is C22H29ClO5. The number of ketones is 3. The highest BCUT2D eigenvalue weighted by atomic mass is 35.5. The molecule has 5 nitrogen and oxygen atoms in total. The minimum Gasteiger partial charge on any atom is -0.506 e. The summed E-state index contributed by atoms with van der Waals surface area (Å²) in [7, 11) is 0. The van der Waals surface area contributed by atoms with Crippen LogP contribution in [-0.4, -0.2) is 33.7 Å². The van der Waals surface area contributed by atoms with Gasteiger partial charge < -0.3 is 10.2 Å². The van der Waals surface area contributed by atoms with Crippen LogP contribution in [0.5, 0.6) is 0 Å². The van der Waals surface area contributed by atoms with Crippen molar-refractivity contribution in [1.82, 2.24) is 0 Å². The second kappa shape index (κ2) is 8.34. The summed E-state index contributed by atoms with van der Waals surface area (Å²) < 4.78 is 0. The number of rotatable bonds is 5. The Hall–Kier alpha value is -1.72. The minimum absolute atomic E-state index is 0.00352. The number of Topliss-reactive ketones (excluding diaryl/α,β-unsaturated/α-hetero) is 3. The Labute approximate surface area is 171 Å². The molecule has 0 heterocycles. The molecule has 0 aromatic heterocycles. The van der Waals surface area contributed by atoms with Crippen molar-refractivity contribution in [2.45, 2.75) is 66.4 Å². The average molecular weight is 409 g/mol. The lowest BCUT2D eigenvalue weighted by Crippen LogP contribution is -2.43. The van der Waals surface area contributed by atoms with Gasteiger partial charge in [-0.15, -0.1) is 0 Å². The van der Waals surface area contributed by atoms with Crippen LogP contribution in [0, 0.1) is 17.3 Å². The van der Waals surface area contributed by atoms with E-state index in [0.717, 1.165) is 6.42 Å². The molecule has 0 aliphatic heterocycles. The molecule has 154 valence electrons. The fourth-order valence-electron chi connectivity index (χ4n) is 4.07. The van der Waals surface area contributed by atoms with Gasteiger partial charge in [-0.25, -0.2) is 0 Å². The summed E-state index contributed by atoms with van der Waals surface area (Å²) in [4.78, 5) is 36.3. The SMILES string of the molecule is CC(=CCC1=C(O)C(Cl)=C(C)C(=O)C1=O)C(O)CC1(C)C(C)CCC(=O)C1C. The summed E-state index contributed by atoms with van der Waals surface area (Å²) in [6.45, 7) is 9.22. The lowest BCUT2D eigenvalue weighted by Gasteiger charge is -2.45. The first-order valence-electron chi connectivity index (χ1n) is 9.67. The van der Waals surface area contributed by atoms with Crippen LogP contribution >= 0.6 is 11.6 Å². The van der Waals surface area contributed by atoms with Crippen LogP contribution in [0.3, 0.4) is 0 Å². The highest BCUT2D eigenvalue weighted by molar-refractivity contribution is 6.53. The van der Waals surface area contributed by atoms with Crippen molar-refractivity contribution in [3.05, 3.63) is 33.6 Å². The molecule has 2 aliphatic carbocycles. The zero-order valence-corrected chi connectivity index (χ0v) is 17.9. The molecule has 2 rings (SSSR count). The first kappa shape index (κ1) is 22.6. The Bertz CT molecular complexity index is 804. The van der Waals surface area contributed by atoms with Gasteiger partial charge in [-0.3, -0.25) is 14.4 Å². The van der Waals surface area contributed by atoms with Crippen molar-refractivity contribution in [1.29, 1.82) is 0 Å². The third-order valence-corrected chi connectivity index (χ3v) is 7.32.